The molecular weight excluding hydrogens is 431 g/mol. The Labute approximate surface area is 182 Å². The first-order chi connectivity index (χ1) is 14.0. The lowest BCUT2D eigenvalue weighted by Crippen LogP contribution is -2.23. The molecule has 3 heterocycles. The van der Waals surface area contributed by atoms with Crippen molar-refractivity contribution >= 4 is 40.9 Å². The summed E-state index contributed by atoms with van der Waals surface area (Å²) >= 11 is 14.0. The monoisotopic (exact) mass is 446 g/mol. The van der Waals surface area contributed by atoms with Crippen molar-refractivity contribution in [2.75, 3.05) is 13.4 Å². The van der Waals surface area contributed by atoms with Crippen LogP contribution < -0.4 is 4.74 Å². The number of hydrogen-bond donors (Lipinski definition) is 0. The largest absolute Gasteiger partial charge is 0.495 e. The highest BCUT2D eigenvalue weighted by Gasteiger charge is 2.33. The molecule has 0 N–H and O–H groups in total. The number of rotatable bonds is 5. The molecule has 4 rings (SSSR count). The molecule has 0 atom stereocenters. The van der Waals surface area contributed by atoms with Crippen molar-refractivity contribution in [3.63, 3.8) is 0 Å². The fourth-order valence-electron chi connectivity index (χ4n) is 3.22. The van der Waals surface area contributed by atoms with Crippen LogP contribution in [0.1, 0.15) is 21.6 Å². The smallest absolute Gasteiger partial charge is 0.273 e. The van der Waals surface area contributed by atoms with Gasteiger partial charge in [0.25, 0.3) is 5.91 Å². The first kappa shape index (κ1) is 19.9. The van der Waals surface area contributed by atoms with Crippen molar-refractivity contribution in [3.8, 4) is 17.0 Å². The Kier molecular flexibility index (Phi) is 5.63. The van der Waals surface area contributed by atoms with Gasteiger partial charge in [0.1, 0.15) is 11.4 Å². The molecule has 0 saturated carbocycles. The van der Waals surface area contributed by atoms with Crippen LogP contribution in [-0.4, -0.2) is 39.1 Å². The molecule has 1 aliphatic rings. The summed E-state index contributed by atoms with van der Waals surface area (Å²) in [7, 11) is 1.54. The Morgan fingerprint density at radius 1 is 1.21 bits per heavy atom. The van der Waals surface area contributed by atoms with Gasteiger partial charge < -0.3 is 9.64 Å². The number of halogens is 2. The number of hydrogen-bond acceptors (Lipinski definition) is 6. The quantitative estimate of drug-likeness (QED) is 0.416. The van der Waals surface area contributed by atoms with E-state index in [0.717, 1.165) is 11.1 Å². The van der Waals surface area contributed by atoms with Gasteiger partial charge in [-0.3, -0.25) is 9.78 Å². The maximum Gasteiger partial charge on any atom is 0.273 e. The minimum Gasteiger partial charge on any atom is -0.495 e. The third kappa shape index (κ3) is 3.77. The minimum absolute atomic E-state index is 0.139. The number of nitrogens with zero attached hydrogens (tertiary/aromatic N) is 4. The molecule has 0 spiro atoms. The molecule has 29 heavy (non-hydrogen) atoms. The number of ether oxygens (including phenoxy) is 1. The molecule has 0 radical (unpaired) electrons. The van der Waals surface area contributed by atoms with Crippen LogP contribution in [0.25, 0.3) is 11.3 Å². The van der Waals surface area contributed by atoms with Gasteiger partial charge in [-0.2, -0.15) is 0 Å². The lowest BCUT2D eigenvalue weighted by molar-refractivity contribution is 0.0762. The number of fused-ring (bicyclic) bond motifs is 1. The highest BCUT2D eigenvalue weighted by atomic mass is 35.5. The van der Waals surface area contributed by atoms with Crippen molar-refractivity contribution < 1.29 is 9.53 Å². The Morgan fingerprint density at radius 2 is 2.00 bits per heavy atom. The second kappa shape index (κ2) is 8.18. The molecule has 0 fully saturated rings. The molecular formula is C20H16Cl2N4O2S. The van der Waals surface area contributed by atoms with Crippen molar-refractivity contribution in [2.45, 2.75) is 18.2 Å². The van der Waals surface area contributed by atoms with E-state index in [9.17, 15) is 4.79 Å². The summed E-state index contributed by atoms with van der Waals surface area (Å²) in [5, 5.41) is 1.34. The molecule has 0 unspecified atom stereocenters. The van der Waals surface area contributed by atoms with E-state index >= 15 is 0 Å². The van der Waals surface area contributed by atoms with E-state index in [1.807, 2.05) is 18.4 Å². The van der Waals surface area contributed by atoms with Crippen molar-refractivity contribution in [1.82, 2.24) is 19.9 Å². The highest BCUT2D eigenvalue weighted by Crippen LogP contribution is 2.40. The fraction of sp³-hybridized carbons (Fsp3) is 0.200. The highest BCUT2D eigenvalue weighted by molar-refractivity contribution is 7.98. The molecule has 0 aliphatic carbocycles. The van der Waals surface area contributed by atoms with E-state index in [0.29, 0.717) is 51.0 Å². The molecule has 0 bridgehead atoms. The lowest BCUT2D eigenvalue weighted by Gasteiger charge is -2.15. The summed E-state index contributed by atoms with van der Waals surface area (Å²) in [4.78, 5) is 28.0. The topological polar surface area (TPSA) is 68.2 Å². The summed E-state index contributed by atoms with van der Waals surface area (Å²) in [5.74, 6) is 0.348. The number of carbonyl (C=O) groups excluding carboxylic acids is 1. The zero-order chi connectivity index (χ0) is 20.5. The third-order valence-electron chi connectivity index (χ3n) is 4.60. The number of thioether (sulfide) groups is 1. The first-order valence-electron chi connectivity index (χ1n) is 8.68. The normalized spacial score (nSPS) is 13.0. The van der Waals surface area contributed by atoms with Crippen LogP contribution in [0.4, 0.5) is 0 Å². The molecule has 1 aromatic carbocycles. The van der Waals surface area contributed by atoms with Crippen LogP contribution in [0.2, 0.25) is 10.0 Å². The van der Waals surface area contributed by atoms with Gasteiger partial charge in [-0.05, 0) is 30.0 Å². The predicted molar refractivity (Wildman–Crippen MR) is 114 cm³/mol. The van der Waals surface area contributed by atoms with E-state index in [2.05, 4.69) is 15.0 Å². The maximum atomic E-state index is 13.0. The Morgan fingerprint density at radius 3 is 2.69 bits per heavy atom. The first-order valence-corrected chi connectivity index (χ1v) is 10.7. The Bertz CT molecular complexity index is 1100. The second-order valence-electron chi connectivity index (χ2n) is 6.38. The van der Waals surface area contributed by atoms with Crippen molar-refractivity contribution in [3.05, 3.63) is 63.5 Å². The van der Waals surface area contributed by atoms with E-state index in [1.54, 1.807) is 29.4 Å². The summed E-state index contributed by atoms with van der Waals surface area (Å²) in [5.41, 5.74) is 3.34. The van der Waals surface area contributed by atoms with E-state index < -0.39 is 0 Å². The van der Waals surface area contributed by atoms with Crippen LogP contribution in [0.5, 0.6) is 5.75 Å². The molecule has 9 heteroatoms. The van der Waals surface area contributed by atoms with Crippen LogP contribution in [0.3, 0.4) is 0 Å². The number of benzene rings is 1. The number of methoxy groups -OCH3 is 1. The van der Waals surface area contributed by atoms with Gasteiger partial charge in [0, 0.05) is 30.1 Å². The molecule has 1 amide bonds. The number of pyridine rings is 1. The van der Waals surface area contributed by atoms with E-state index in [4.69, 9.17) is 27.9 Å². The van der Waals surface area contributed by atoms with Gasteiger partial charge in [0.2, 0.25) is 0 Å². The minimum atomic E-state index is -0.139. The molecule has 148 valence electrons. The summed E-state index contributed by atoms with van der Waals surface area (Å²) < 4.78 is 5.34. The van der Waals surface area contributed by atoms with Gasteiger partial charge >= 0.3 is 0 Å². The summed E-state index contributed by atoms with van der Waals surface area (Å²) in [6.07, 6.45) is 5.31. The van der Waals surface area contributed by atoms with E-state index in [1.165, 1.54) is 18.9 Å². The number of carbonyl (C=O) groups is 1. The van der Waals surface area contributed by atoms with Crippen LogP contribution in [0.15, 0.2) is 41.8 Å². The SMILES string of the molecule is COc1cc(-c2nc(SC)nc3c2CN(Cc2cccnc2)C3=O)c(Cl)cc1Cl. The van der Waals surface area contributed by atoms with Crippen LogP contribution in [0, 0.1) is 0 Å². The molecule has 6 nitrogen and oxygen atoms in total. The van der Waals surface area contributed by atoms with Gasteiger partial charge in [0.15, 0.2) is 5.16 Å². The molecule has 0 saturated heterocycles. The summed E-state index contributed by atoms with van der Waals surface area (Å²) in [6.45, 7) is 0.822. The van der Waals surface area contributed by atoms with Crippen LogP contribution >= 0.6 is 35.0 Å². The number of amides is 1. The lowest BCUT2D eigenvalue weighted by atomic mass is 10.1. The average Bonchev–Trinajstić information content (AvgIpc) is 3.04. The zero-order valence-corrected chi connectivity index (χ0v) is 18.0. The van der Waals surface area contributed by atoms with Crippen molar-refractivity contribution in [1.29, 1.82) is 0 Å². The van der Waals surface area contributed by atoms with Gasteiger partial charge in [0.05, 0.1) is 29.4 Å². The summed E-state index contributed by atoms with van der Waals surface area (Å²) in [6, 6.07) is 7.14. The predicted octanol–water partition coefficient (Wildman–Crippen LogP) is 4.73. The molecule has 1 aliphatic heterocycles. The standard InChI is InChI=1S/C20H16Cl2N4O2S/c1-28-16-6-12(14(21)7-15(16)22)17-13-10-26(9-11-4-3-5-23-8-11)19(27)18(13)25-20(24-17)29-2/h3-8H,9-10H2,1-2H3. The van der Waals surface area contributed by atoms with Crippen molar-refractivity contribution in [2.24, 2.45) is 0 Å². The Balaban J connectivity index is 1.81. The zero-order valence-electron chi connectivity index (χ0n) is 15.6. The second-order valence-corrected chi connectivity index (χ2v) is 7.96. The fourth-order valence-corrected chi connectivity index (χ4v) is 4.14. The van der Waals surface area contributed by atoms with Gasteiger partial charge in [-0.15, -0.1) is 0 Å². The maximum absolute atomic E-state index is 13.0. The van der Waals surface area contributed by atoms with Gasteiger partial charge in [-0.25, -0.2) is 9.97 Å². The molecule has 2 aromatic heterocycles. The van der Waals surface area contributed by atoms with Gasteiger partial charge in [-0.1, -0.05) is 41.0 Å². The average molecular weight is 447 g/mol. The van der Waals surface area contributed by atoms with E-state index in [-0.39, 0.29) is 5.91 Å². The number of aromatic nitrogens is 3. The van der Waals surface area contributed by atoms with Crippen LogP contribution in [-0.2, 0) is 13.1 Å². The molecule has 3 aromatic rings. The third-order valence-corrected chi connectivity index (χ3v) is 5.76. The Hall–Kier alpha value is -2.35.